The molecule has 2 atom stereocenters. The van der Waals surface area contributed by atoms with Gasteiger partial charge in [0.1, 0.15) is 5.75 Å². The Bertz CT molecular complexity index is 558. The number of amides is 1. The van der Waals surface area contributed by atoms with Crippen LogP contribution in [0, 0.1) is 5.92 Å². The Kier molecular flexibility index (Phi) is 5.44. The number of carbonyl (C=O) groups excluding carboxylic acids is 1. The molecule has 0 spiro atoms. The SMILES string of the molecule is CC1CNCCC1NC(=O)c1cc(Cl)ccc1OC1CCCC1. The standard InChI is InChI=1S/C18H25ClN2O2/c1-12-11-20-9-8-16(12)21-18(22)15-10-13(19)6-7-17(15)23-14-4-2-3-5-14/h6-7,10,12,14,16,20H,2-5,8-9,11H2,1H3,(H,21,22). The van der Waals surface area contributed by atoms with Gasteiger partial charge in [0.25, 0.3) is 5.91 Å². The van der Waals surface area contributed by atoms with Crippen LogP contribution in [-0.4, -0.2) is 31.1 Å². The van der Waals surface area contributed by atoms with E-state index in [1.807, 2.05) is 6.07 Å². The van der Waals surface area contributed by atoms with Crippen molar-refractivity contribution in [3.8, 4) is 5.75 Å². The molecule has 2 aliphatic rings. The molecule has 1 saturated heterocycles. The molecule has 1 aromatic carbocycles. The summed E-state index contributed by atoms with van der Waals surface area (Å²) in [5.74, 6) is 0.991. The van der Waals surface area contributed by atoms with Gasteiger partial charge in [0, 0.05) is 11.1 Å². The minimum Gasteiger partial charge on any atom is -0.490 e. The van der Waals surface area contributed by atoms with Crippen molar-refractivity contribution in [2.24, 2.45) is 5.92 Å². The summed E-state index contributed by atoms with van der Waals surface area (Å²) in [6.07, 6.45) is 5.70. The fourth-order valence-corrected chi connectivity index (χ4v) is 3.61. The van der Waals surface area contributed by atoms with Crippen LogP contribution >= 0.6 is 11.6 Å². The first-order valence-corrected chi connectivity index (χ1v) is 8.99. The number of ether oxygens (including phenoxy) is 1. The van der Waals surface area contributed by atoms with E-state index in [0.717, 1.165) is 32.4 Å². The lowest BCUT2D eigenvalue weighted by molar-refractivity contribution is 0.0907. The number of rotatable bonds is 4. The molecule has 0 aromatic heterocycles. The van der Waals surface area contributed by atoms with Crippen molar-refractivity contribution in [1.29, 1.82) is 0 Å². The van der Waals surface area contributed by atoms with Crippen molar-refractivity contribution < 1.29 is 9.53 Å². The maximum absolute atomic E-state index is 12.7. The highest BCUT2D eigenvalue weighted by atomic mass is 35.5. The highest BCUT2D eigenvalue weighted by Gasteiger charge is 2.25. The molecule has 1 amide bonds. The summed E-state index contributed by atoms with van der Waals surface area (Å²) in [4.78, 5) is 12.7. The summed E-state index contributed by atoms with van der Waals surface area (Å²) >= 11 is 6.10. The van der Waals surface area contributed by atoms with Crippen molar-refractivity contribution in [2.75, 3.05) is 13.1 Å². The quantitative estimate of drug-likeness (QED) is 0.886. The minimum atomic E-state index is -0.0840. The first-order chi connectivity index (χ1) is 11.1. The fraction of sp³-hybridized carbons (Fsp3) is 0.611. The van der Waals surface area contributed by atoms with Gasteiger partial charge in [0.15, 0.2) is 0 Å². The Hall–Kier alpha value is -1.26. The Labute approximate surface area is 142 Å². The number of benzene rings is 1. The van der Waals surface area contributed by atoms with Gasteiger partial charge in [-0.1, -0.05) is 18.5 Å². The number of carbonyl (C=O) groups is 1. The highest BCUT2D eigenvalue weighted by molar-refractivity contribution is 6.31. The lowest BCUT2D eigenvalue weighted by atomic mass is 9.95. The number of hydrogen-bond acceptors (Lipinski definition) is 3. The molecule has 2 fully saturated rings. The van der Waals surface area contributed by atoms with Gasteiger partial charge in [-0.2, -0.15) is 0 Å². The summed E-state index contributed by atoms with van der Waals surface area (Å²) < 4.78 is 6.07. The average Bonchev–Trinajstić information content (AvgIpc) is 3.04. The Morgan fingerprint density at radius 1 is 1.30 bits per heavy atom. The number of hydrogen-bond donors (Lipinski definition) is 2. The Morgan fingerprint density at radius 3 is 2.83 bits per heavy atom. The number of halogens is 1. The first-order valence-electron chi connectivity index (χ1n) is 8.61. The highest BCUT2D eigenvalue weighted by Crippen LogP contribution is 2.29. The lowest BCUT2D eigenvalue weighted by Crippen LogP contribution is -2.48. The molecule has 1 aromatic rings. The van der Waals surface area contributed by atoms with E-state index in [2.05, 4.69) is 17.6 Å². The van der Waals surface area contributed by atoms with Crippen LogP contribution in [-0.2, 0) is 0 Å². The van der Waals surface area contributed by atoms with Crippen LogP contribution in [0.5, 0.6) is 5.75 Å². The van der Waals surface area contributed by atoms with Gasteiger partial charge in [0.05, 0.1) is 11.7 Å². The van der Waals surface area contributed by atoms with E-state index in [1.54, 1.807) is 12.1 Å². The maximum Gasteiger partial charge on any atom is 0.255 e. The van der Waals surface area contributed by atoms with Gasteiger partial charge in [-0.3, -0.25) is 4.79 Å². The molecular formula is C18H25ClN2O2. The monoisotopic (exact) mass is 336 g/mol. The van der Waals surface area contributed by atoms with Gasteiger partial charge in [-0.05, 0) is 69.3 Å². The topological polar surface area (TPSA) is 50.4 Å². The van der Waals surface area contributed by atoms with Crippen LogP contribution in [0.2, 0.25) is 5.02 Å². The van der Waals surface area contributed by atoms with Crippen LogP contribution in [0.3, 0.4) is 0 Å². The number of piperidine rings is 1. The smallest absolute Gasteiger partial charge is 0.255 e. The molecular weight excluding hydrogens is 312 g/mol. The van der Waals surface area contributed by atoms with Crippen LogP contribution < -0.4 is 15.4 Å². The number of nitrogens with one attached hydrogen (secondary N) is 2. The molecule has 2 unspecified atom stereocenters. The third kappa shape index (κ3) is 4.18. The molecule has 4 nitrogen and oxygen atoms in total. The van der Waals surface area contributed by atoms with E-state index in [9.17, 15) is 4.79 Å². The third-order valence-corrected chi connectivity index (χ3v) is 5.12. The molecule has 0 radical (unpaired) electrons. The molecule has 126 valence electrons. The normalized spacial score (nSPS) is 25.3. The predicted molar refractivity (Wildman–Crippen MR) is 92.2 cm³/mol. The molecule has 1 aliphatic carbocycles. The van der Waals surface area contributed by atoms with Crippen LogP contribution in [0.1, 0.15) is 49.4 Å². The average molecular weight is 337 g/mol. The zero-order chi connectivity index (χ0) is 16.2. The van der Waals surface area contributed by atoms with E-state index in [0.29, 0.717) is 22.3 Å². The molecule has 1 saturated carbocycles. The van der Waals surface area contributed by atoms with Gasteiger partial charge in [-0.15, -0.1) is 0 Å². The fourth-order valence-electron chi connectivity index (χ4n) is 3.44. The van der Waals surface area contributed by atoms with E-state index in [1.165, 1.54) is 12.8 Å². The Balaban J connectivity index is 1.73. The molecule has 5 heteroatoms. The van der Waals surface area contributed by atoms with Crippen molar-refractivity contribution in [3.63, 3.8) is 0 Å². The second-order valence-electron chi connectivity index (χ2n) is 6.71. The summed E-state index contributed by atoms with van der Waals surface area (Å²) in [5, 5.41) is 7.07. The molecule has 1 aliphatic heterocycles. The molecule has 3 rings (SSSR count). The van der Waals surface area contributed by atoms with E-state index in [4.69, 9.17) is 16.3 Å². The third-order valence-electron chi connectivity index (χ3n) is 4.88. The summed E-state index contributed by atoms with van der Waals surface area (Å²) in [5.41, 5.74) is 0.551. The van der Waals surface area contributed by atoms with Gasteiger partial charge < -0.3 is 15.4 Å². The molecule has 2 N–H and O–H groups in total. The van der Waals surface area contributed by atoms with Crippen LogP contribution in [0.4, 0.5) is 0 Å². The van der Waals surface area contributed by atoms with E-state index in [-0.39, 0.29) is 18.1 Å². The molecule has 23 heavy (non-hydrogen) atoms. The van der Waals surface area contributed by atoms with Crippen molar-refractivity contribution in [2.45, 2.75) is 51.2 Å². The zero-order valence-corrected chi connectivity index (χ0v) is 14.4. The predicted octanol–water partition coefficient (Wildman–Crippen LogP) is 3.39. The van der Waals surface area contributed by atoms with Crippen molar-refractivity contribution >= 4 is 17.5 Å². The van der Waals surface area contributed by atoms with E-state index >= 15 is 0 Å². The van der Waals surface area contributed by atoms with Gasteiger partial charge in [-0.25, -0.2) is 0 Å². The lowest BCUT2D eigenvalue weighted by Gasteiger charge is -2.30. The van der Waals surface area contributed by atoms with Crippen LogP contribution in [0.15, 0.2) is 18.2 Å². The first kappa shape index (κ1) is 16.6. The summed E-state index contributed by atoms with van der Waals surface area (Å²) in [6, 6.07) is 5.52. The van der Waals surface area contributed by atoms with Crippen molar-refractivity contribution in [1.82, 2.24) is 10.6 Å². The van der Waals surface area contributed by atoms with Gasteiger partial charge >= 0.3 is 0 Å². The second kappa shape index (κ2) is 7.54. The largest absolute Gasteiger partial charge is 0.490 e. The minimum absolute atomic E-state index is 0.0840. The van der Waals surface area contributed by atoms with E-state index < -0.39 is 0 Å². The summed E-state index contributed by atoms with van der Waals surface area (Å²) in [6.45, 7) is 4.03. The zero-order valence-electron chi connectivity index (χ0n) is 13.6. The van der Waals surface area contributed by atoms with Gasteiger partial charge in [0.2, 0.25) is 0 Å². The van der Waals surface area contributed by atoms with Crippen LogP contribution in [0.25, 0.3) is 0 Å². The van der Waals surface area contributed by atoms with Crippen molar-refractivity contribution in [3.05, 3.63) is 28.8 Å². The second-order valence-corrected chi connectivity index (χ2v) is 7.15. The maximum atomic E-state index is 12.7. The Morgan fingerprint density at radius 2 is 2.09 bits per heavy atom. The molecule has 0 bridgehead atoms. The molecule has 1 heterocycles. The summed E-state index contributed by atoms with van der Waals surface area (Å²) in [7, 11) is 0.